The normalized spacial score (nSPS) is 12.4. The summed E-state index contributed by atoms with van der Waals surface area (Å²) in [5, 5.41) is 0.397. The van der Waals surface area contributed by atoms with Crippen molar-refractivity contribution >= 4 is 52.3 Å². The molecule has 3 rings (SSSR count). The number of anilines is 1. The number of sulfone groups is 2. The maximum Gasteiger partial charge on any atom is 0.260 e. The van der Waals surface area contributed by atoms with Crippen molar-refractivity contribution < 1.29 is 21.6 Å². The fraction of sp³-hybridized carbons (Fsp3) is 0.391. The minimum Gasteiger partial charge on any atom is -0.302 e. The van der Waals surface area contributed by atoms with Gasteiger partial charge in [0.25, 0.3) is 5.91 Å². The van der Waals surface area contributed by atoms with Crippen molar-refractivity contribution in [3.8, 4) is 0 Å². The average molecular weight is 524 g/mol. The number of carbonyl (C=O) groups is 1. The molecule has 0 radical (unpaired) electrons. The number of nitrogens with zero attached hydrogens (tertiary/aromatic N) is 3. The summed E-state index contributed by atoms with van der Waals surface area (Å²) in [4.78, 5) is 22.1. The minimum absolute atomic E-state index is 0.0232. The van der Waals surface area contributed by atoms with Crippen LogP contribution >= 0.6 is 11.3 Å². The van der Waals surface area contributed by atoms with E-state index in [4.69, 9.17) is 0 Å². The number of aromatic nitrogens is 1. The van der Waals surface area contributed by atoms with Crippen LogP contribution in [0.5, 0.6) is 0 Å². The molecule has 2 aromatic carbocycles. The van der Waals surface area contributed by atoms with Crippen LogP contribution in [0.3, 0.4) is 0 Å². The topological polar surface area (TPSA) is 105 Å². The Morgan fingerprint density at radius 2 is 1.59 bits per heavy atom. The molecule has 1 heterocycles. The Morgan fingerprint density at radius 1 is 0.941 bits per heavy atom. The first-order valence-electron chi connectivity index (χ1n) is 11.0. The zero-order valence-corrected chi connectivity index (χ0v) is 22.1. The number of para-hydroxylation sites is 1. The molecule has 0 aliphatic carbocycles. The minimum atomic E-state index is -3.49. The Bertz CT molecular complexity index is 1380. The third-order valence-electron chi connectivity index (χ3n) is 5.62. The third-order valence-corrected chi connectivity index (χ3v) is 9.54. The summed E-state index contributed by atoms with van der Waals surface area (Å²) in [6, 6.07) is 10.8. The molecular formula is C23H29N3O5S3. The van der Waals surface area contributed by atoms with Gasteiger partial charge >= 0.3 is 0 Å². The highest BCUT2D eigenvalue weighted by Gasteiger charge is 2.24. The Hall–Kier alpha value is -2.34. The average Bonchev–Trinajstić information content (AvgIpc) is 3.25. The van der Waals surface area contributed by atoms with Crippen molar-refractivity contribution in [1.29, 1.82) is 0 Å². The van der Waals surface area contributed by atoms with Gasteiger partial charge in [0.15, 0.2) is 24.8 Å². The highest BCUT2D eigenvalue weighted by molar-refractivity contribution is 7.91. The van der Waals surface area contributed by atoms with Crippen LogP contribution in [-0.4, -0.2) is 70.8 Å². The molecule has 3 aromatic rings. The van der Waals surface area contributed by atoms with E-state index in [2.05, 4.69) is 9.88 Å². The largest absolute Gasteiger partial charge is 0.302 e. The number of rotatable bonds is 10. The molecule has 0 aliphatic heterocycles. The van der Waals surface area contributed by atoms with E-state index in [9.17, 15) is 21.6 Å². The van der Waals surface area contributed by atoms with Gasteiger partial charge < -0.3 is 4.90 Å². The molecule has 0 aliphatic rings. The van der Waals surface area contributed by atoms with E-state index in [1.807, 2.05) is 13.8 Å². The molecule has 0 bridgehead atoms. The van der Waals surface area contributed by atoms with Gasteiger partial charge in [-0.05, 0) is 49.5 Å². The van der Waals surface area contributed by atoms with Gasteiger partial charge in [-0.2, -0.15) is 0 Å². The van der Waals surface area contributed by atoms with Gasteiger partial charge in [0.1, 0.15) is 5.52 Å². The fourth-order valence-electron chi connectivity index (χ4n) is 3.52. The predicted molar refractivity (Wildman–Crippen MR) is 136 cm³/mol. The number of likely N-dealkylation sites (N-methyl/N-ethyl adjacent to an activating group) is 1. The van der Waals surface area contributed by atoms with Crippen molar-refractivity contribution in [3.63, 3.8) is 0 Å². The highest BCUT2D eigenvalue weighted by Crippen LogP contribution is 2.33. The van der Waals surface area contributed by atoms with Gasteiger partial charge in [0.05, 0.1) is 20.2 Å². The lowest BCUT2D eigenvalue weighted by atomic mass is 10.2. The number of thiazole rings is 1. The smallest absolute Gasteiger partial charge is 0.260 e. The van der Waals surface area contributed by atoms with Crippen molar-refractivity contribution in [1.82, 2.24) is 9.88 Å². The molecule has 184 valence electrons. The van der Waals surface area contributed by atoms with Crippen LogP contribution in [0.25, 0.3) is 10.2 Å². The van der Waals surface area contributed by atoms with Gasteiger partial charge in [-0.15, -0.1) is 0 Å². The molecule has 0 N–H and O–H groups in total. The van der Waals surface area contributed by atoms with Crippen molar-refractivity contribution in [2.24, 2.45) is 0 Å². The SMILES string of the molecule is CCN(CC)CCN(C(=O)c1ccc(S(=O)(=O)CC)cc1)c1nc2c(S(C)(=O)=O)cccc2s1. The van der Waals surface area contributed by atoms with E-state index >= 15 is 0 Å². The van der Waals surface area contributed by atoms with Crippen LogP contribution in [0, 0.1) is 0 Å². The predicted octanol–water partition coefficient (Wildman–Crippen LogP) is 3.48. The summed E-state index contributed by atoms with van der Waals surface area (Å²) in [5.41, 5.74) is 0.673. The Labute approximate surface area is 205 Å². The van der Waals surface area contributed by atoms with Gasteiger partial charge in [-0.1, -0.05) is 38.2 Å². The highest BCUT2D eigenvalue weighted by atomic mass is 32.2. The summed E-state index contributed by atoms with van der Waals surface area (Å²) in [7, 11) is -6.87. The fourth-order valence-corrected chi connectivity index (χ4v) is 6.32. The van der Waals surface area contributed by atoms with Crippen molar-refractivity contribution in [2.75, 3.05) is 43.1 Å². The monoisotopic (exact) mass is 523 g/mol. The number of hydrogen-bond donors (Lipinski definition) is 0. The molecule has 8 nitrogen and oxygen atoms in total. The molecule has 34 heavy (non-hydrogen) atoms. The van der Waals surface area contributed by atoms with Crippen molar-refractivity contribution in [3.05, 3.63) is 48.0 Å². The number of fused-ring (bicyclic) bond motifs is 1. The van der Waals surface area contributed by atoms with Gasteiger partial charge in [-0.25, -0.2) is 21.8 Å². The van der Waals surface area contributed by atoms with Crippen LogP contribution in [0.15, 0.2) is 52.3 Å². The molecule has 0 saturated carbocycles. The van der Waals surface area contributed by atoms with E-state index in [1.54, 1.807) is 24.0 Å². The second kappa shape index (κ2) is 10.5. The molecule has 11 heteroatoms. The molecule has 0 saturated heterocycles. The van der Waals surface area contributed by atoms with Gasteiger partial charge in [0.2, 0.25) is 0 Å². The Kier molecular flexibility index (Phi) is 8.12. The van der Waals surface area contributed by atoms with E-state index in [0.717, 1.165) is 19.3 Å². The van der Waals surface area contributed by atoms with Gasteiger partial charge in [-0.3, -0.25) is 9.69 Å². The van der Waals surface area contributed by atoms with E-state index in [0.29, 0.717) is 34.0 Å². The molecule has 1 amide bonds. The van der Waals surface area contributed by atoms with Crippen LogP contribution < -0.4 is 4.90 Å². The van der Waals surface area contributed by atoms with Crippen LogP contribution in [0.1, 0.15) is 31.1 Å². The number of hydrogen-bond acceptors (Lipinski definition) is 8. The second-order valence-electron chi connectivity index (χ2n) is 7.78. The first-order valence-corrected chi connectivity index (χ1v) is 15.3. The summed E-state index contributed by atoms with van der Waals surface area (Å²) in [5.74, 6) is -0.349. The lowest BCUT2D eigenvalue weighted by molar-refractivity contribution is 0.0983. The number of carbonyl (C=O) groups excluding carboxylic acids is 1. The van der Waals surface area contributed by atoms with Crippen LogP contribution in [-0.2, 0) is 19.7 Å². The summed E-state index contributed by atoms with van der Waals surface area (Å²) in [6.45, 7) is 8.25. The third kappa shape index (κ3) is 5.65. The molecule has 0 fully saturated rings. The van der Waals surface area contributed by atoms with E-state index < -0.39 is 19.7 Å². The first-order chi connectivity index (χ1) is 16.0. The summed E-state index contributed by atoms with van der Waals surface area (Å²) >= 11 is 1.25. The molecule has 0 unspecified atom stereocenters. The molecular weight excluding hydrogens is 494 g/mol. The zero-order valence-electron chi connectivity index (χ0n) is 19.7. The van der Waals surface area contributed by atoms with Gasteiger partial charge in [0, 0.05) is 24.9 Å². The Morgan fingerprint density at radius 3 is 2.15 bits per heavy atom. The van der Waals surface area contributed by atoms with Crippen LogP contribution in [0.4, 0.5) is 5.13 Å². The lowest BCUT2D eigenvalue weighted by Gasteiger charge is -2.24. The standard InChI is InChI=1S/C23H29N3O5S3/c1-5-25(6-2)15-16-26(22(27)17-11-13-18(14-12-17)34(30,31)7-3)23-24-21-19(32-23)9-8-10-20(21)33(4,28)29/h8-14H,5-7,15-16H2,1-4H3. The summed E-state index contributed by atoms with van der Waals surface area (Å²) < 4.78 is 49.4. The van der Waals surface area contributed by atoms with E-state index in [1.165, 1.54) is 41.7 Å². The zero-order chi connectivity index (χ0) is 25.1. The van der Waals surface area contributed by atoms with E-state index in [-0.39, 0.29) is 21.5 Å². The Balaban J connectivity index is 2.04. The molecule has 0 atom stereocenters. The maximum absolute atomic E-state index is 13.5. The lowest BCUT2D eigenvalue weighted by Crippen LogP contribution is -2.38. The van der Waals surface area contributed by atoms with Crippen LogP contribution in [0.2, 0.25) is 0 Å². The van der Waals surface area contributed by atoms with Crippen molar-refractivity contribution in [2.45, 2.75) is 30.6 Å². The first kappa shape index (κ1) is 26.3. The maximum atomic E-state index is 13.5. The number of amides is 1. The molecule has 1 aromatic heterocycles. The molecule has 0 spiro atoms. The quantitative estimate of drug-likeness (QED) is 0.401. The number of benzene rings is 2. The summed E-state index contributed by atoms with van der Waals surface area (Å²) in [6.07, 6.45) is 1.13. The second-order valence-corrected chi connectivity index (χ2v) is 13.1.